The van der Waals surface area contributed by atoms with E-state index in [4.69, 9.17) is 4.42 Å². The van der Waals surface area contributed by atoms with Gasteiger partial charge in [0.25, 0.3) is 0 Å². The zero-order valence-electron chi connectivity index (χ0n) is 15.2. The van der Waals surface area contributed by atoms with Gasteiger partial charge in [0.15, 0.2) is 4.38 Å². The molecular weight excluding hydrogens is 370 g/mol. The van der Waals surface area contributed by atoms with Crippen LogP contribution in [0.25, 0.3) is 11.0 Å². The Hall–Kier alpha value is -1.64. The summed E-state index contributed by atoms with van der Waals surface area (Å²) >= 11 is 3.27. The van der Waals surface area contributed by atoms with Gasteiger partial charge in [-0.2, -0.15) is 5.10 Å². The first kappa shape index (κ1) is 19.1. The topological polar surface area (TPSA) is 86.9 Å². The molecule has 0 bridgehead atoms. The van der Waals surface area contributed by atoms with E-state index in [2.05, 4.69) is 43.5 Å². The smallest absolute Gasteiger partial charge is 0.336 e. The van der Waals surface area contributed by atoms with E-state index in [0.717, 1.165) is 15.3 Å². The highest BCUT2D eigenvalue weighted by atomic mass is 32.2. The molecule has 8 heteroatoms. The second kappa shape index (κ2) is 7.54. The van der Waals surface area contributed by atoms with E-state index in [-0.39, 0.29) is 22.7 Å². The van der Waals surface area contributed by atoms with Crippen molar-refractivity contribution in [2.75, 3.05) is 0 Å². The molecule has 0 saturated heterocycles. The number of hydrogen-bond donors (Lipinski definition) is 3. The van der Waals surface area contributed by atoms with Gasteiger partial charge in [0.05, 0.1) is 0 Å². The van der Waals surface area contributed by atoms with Gasteiger partial charge in [0.2, 0.25) is 0 Å². The van der Waals surface area contributed by atoms with Crippen molar-refractivity contribution in [1.82, 2.24) is 10.7 Å². The molecule has 140 valence electrons. The summed E-state index contributed by atoms with van der Waals surface area (Å²) in [6.45, 7) is 8.57. The molecule has 0 fully saturated rings. The fraction of sp³-hybridized carbons (Fsp3) is 0.444. The van der Waals surface area contributed by atoms with Crippen LogP contribution in [0, 0.1) is 0 Å². The molecule has 0 saturated carbocycles. The number of aromatic hydroxyl groups is 1. The van der Waals surface area contributed by atoms with Crippen molar-refractivity contribution >= 4 is 38.9 Å². The monoisotopic (exact) mass is 393 g/mol. The van der Waals surface area contributed by atoms with Crippen LogP contribution in [0.1, 0.15) is 33.3 Å². The quantitative estimate of drug-likeness (QED) is 0.686. The molecule has 3 N–H and O–H groups in total. The lowest BCUT2D eigenvalue weighted by Gasteiger charge is -2.29. The molecular formula is C18H23N3O3S2. The minimum atomic E-state index is -0.418. The van der Waals surface area contributed by atoms with Crippen LogP contribution in [0.3, 0.4) is 0 Å². The van der Waals surface area contributed by atoms with Gasteiger partial charge < -0.3 is 14.8 Å². The number of nitrogens with one attached hydrogen (secondary N) is 2. The number of nitrogens with zero attached hydrogens (tertiary/aromatic N) is 1. The van der Waals surface area contributed by atoms with Gasteiger partial charge in [-0.05, 0) is 45.4 Å². The molecule has 0 spiro atoms. The molecule has 1 aliphatic rings. The van der Waals surface area contributed by atoms with Crippen LogP contribution in [0.15, 0.2) is 38.6 Å². The molecule has 2 atom stereocenters. The van der Waals surface area contributed by atoms with Gasteiger partial charge >= 0.3 is 5.63 Å². The van der Waals surface area contributed by atoms with Gasteiger partial charge in [-0.15, -0.1) is 0 Å². The van der Waals surface area contributed by atoms with Crippen LogP contribution in [0.2, 0.25) is 0 Å². The number of phenolic OH excluding ortho intramolecular Hbond substituents is 1. The average Bonchev–Trinajstić information content (AvgIpc) is 2.99. The summed E-state index contributed by atoms with van der Waals surface area (Å²) in [5, 5.41) is 18.5. The standard InChI is InChI=1S/C18H23N3O3S2/c1-10(19-18(2,3)4)16-20-21-17(26-16)25-9-11-7-15(23)24-14-8-12(22)5-6-13(11)14/h5-8,10,16,19-20,22H,9H2,1-4H3. The van der Waals surface area contributed by atoms with Crippen LogP contribution >= 0.6 is 23.5 Å². The Balaban J connectivity index is 1.65. The van der Waals surface area contributed by atoms with E-state index in [9.17, 15) is 9.90 Å². The highest BCUT2D eigenvalue weighted by Crippen LogP contribution is 2.31. The maximum absolute atomic E-state index is 11.8. The number of fused-ring (bicyclic) bond motifs is 1. The maximum atomic E-state index is 11.8. The van der Waals surface area contributed by atoms with Gasteiger partial charge in [0, 0.05) is 34.9 Å². The molecule has 0 aliphatic carbocycles. The Morgan fingerprint density at radius 2 is 2.19 bits per heavy atom. The molecule has 3 rings (SSSR count). The molecule has 1 aromatic carbocycles. The predicted octanol–water partition coefficient (Wildman–Crippen LogP) is 3.44. The van der Waals surface area contributed by atoms with Gasteiger partial charge in [-0.3, -0.25) is 5.43 Å². The third-order valence-electron chi connectivity index (χ3n) is 3.79. The molecule has 2 aromatic rings. The lowest BCUT2D eigenvalue weighted by Crippen LogP contribution is -2.49. The Morgan fingerprint density at radius 1 is 1.42 bits per heavy atom. The first-order valence-corrected chi connectivity index (χ1v) is 10.2. The molecule has 2 heterocycles. The summed E-state index contributed by atoms with van der Waals surface area (Å²) in [6.07, 6.45) is 0. The lowest BCUT2D eigenvalue weighted by molar-refractivity contribution is 0.354. The predicted molar refractivity (Wildman–Crippen MR) is 110 cm³/mol. The fourth-order valence-electron chi connectivity index (χ4n) is 2.79. The van der Waals surface area contributed by atoms with Crippen molar-refractivity contribution in [2.45, 2.75) is 50.4 Å². The second-order valence-electron chi connectivity index (χ2n) is 7.29. The number of hydrazone groups is 1. The largest absolute Gasteiger partial charge is 0.508 e. The van der Waals surface area contributed by atoms with Crippen molar-refractivity contribution in [3.8, 4) is 5.75 Å². The maximum Gasteiger partial charge on any atom is 0.336 e. The van der Waals surface area contributed by atoms with Crippen LogP contribution < -0.4 is 16.4 Å². The normalized spacial score (nSPS) is 18.6. The third kappa shape index (κ3) is 4.75. The number of phenols is 1. The summed E-state index contributed by atoms with van der Waals surface area (Å²) in [5.41, 5.74) is 4.07. The first-order chi connectivity index (χ1) is 12.2. The summed E-state index contributed by atoms with van der Waals surface area (Å²) in [7, 11) is 0. The second-order valence-corrected chi connectivity index (χ2v) is 9.64. The molecule has 0 amide bonds. The van der Waals surface area contributed by atoms with Crippen LogP contribution in [-0.2, 0) is 5.75 Å². The van der Waals surface area contributed by atoms with Crippen molar-refractivity contribution in [3.63, 3.8) is 0 Å². The molecule has 0 radical (unpaired) electrons. The van der Waals surface area contributed by atoms with E-state index in [1.165, 1.54) is 12.1 Å². The van der Waals surface area contributed by atoms with Crippen LogP contribution in [-0.4, -0.2) is 26.4 Å². The van der Waals surface area contributed by atoms with E-state index in [1.807, 2.05) is 0 Å². The lowest BCUT2D eigenvalue weighted by atomic mass is 10.1. The number of benzene rings is 1. The van der Waals surface area contributed by atoms with Gasteiger partial charge in [-0.1, -0.05) is 23.5 Å². The zero-order valence-corrected chi connectivity index (χ0v) is 16.8. The van der Waals surface area contributed by atoms with Crippen molar-refractivity contribution in [2.24, 2.45) is 5.10 Å². The summed E-state index contributed by atoms with van der Waals surface area (Å²) < 4.78 is 6.11. The van der Waals surface area contributed by atoms with Crippen molar-refractivity contribution in [1.29, 1.82) is 0 Å². The van der Waals surface area contributed by atoms with E-state index in [1.54, 1.807) is 35.7 Å². The Kier molecular flexibility index (Phi) is 5.55. The molecule has 6 nitrogen and oxygen atoms in total. The van der Waals surface area contributed by atoms with E-state index >= 15 is 0 Å². The fourth-order valence-corrected chi connectivity index (χ4v) is 4.89. The highest BCUT2D eigenvalue weighted by Gasteiger charge is 2.27. The molecule has 26 heavy (non-hydrogen) atoms. The zero-order chi connectivity index (χ0) is 18.9. The number of thioether (sulfide) groups is 2. The summed E-state index contributed by atoms with van der Waals surface area (Å²) in [4.78, 5) is 11.8. The number of hydrogen-bond acceptors (Lipinski definition) is 8. The van der Waals surface area contributed by atoms with E-state index in [0.29, 0.717) is 11.3 Å². The molecule has 1 aromatic heterocycles. The molecule has 2 unspecified atom stereocenters. The van der Waals surface area contributed by atoms with E-state index < -0.39 is 5.63 Å². The number of rotatable bonds is 4. The highest BCUT2D eigenvalue weighted by molar-refractivity contribution is 8.39. The minimum absolute atomic E-state index is 0.0418. The van der Waals surface area contributed by atoms with Gasteiger partial charge in [0.1, 0.15) is 16.7 Å². The Bertz CT molecular complexity index is 889. The Morgan fingerprint density at radius 3 is 2.92 bits per heavy atom. The van der Waals surface area contributed by atoms with Crippen molar-refractivity contribution < 1.29 is 9.52 Å². The van der Waals surface area contributed by atoms with Crippen molar-refractivity contribution in [3.05, 3.63) is 40.2 Å². The third-order valence-corrected chi connectivity index (χ3v) is 6.29. The summed E-state index contributed by atoms with van der Waals surface area (Å²) in [6, 6.07) is 6.58. The molecule has 1 aliphatic heterocycles. The van der Waals surface area contributed by atoms with Gasteiger partial charge in [-0.25, -0.2) is 4.79 Å². The van der Waals surface area contributed by atoms with Crippen LogP contribution in [0.4, 0.5) is 0 Å². The minimum Gasteiger partial charge on any atom is -0.508 e. The average molecular weight is 394 g/mol. The Labute approximate surface area is 160 Å². The summed E-state index contributed by atoms with van der Waals surface area (Å²) in [5.74, 6) is 0.683. The first-order valence-electron chi connectivity index (χ1n) is 8.37. The SMILES string of the molecule is CC(NC(C)(C)C)C1NN=C(SCc2cc(=O)oc3cc(O)ccc23)S1. The van der Waals surface area contributed by atoms with Crippen LogP contribution in [0.5, 0.6) is 5.75 Å².